The fourth-order valence-corrected chi connectivity index (χ4v) is 16.7. The second-order valence-corrected chi connectivity index (χ2v) is 35.7. The van der Waals surface area contributed by atoms with Crippen LogP contribution in [-0.4, -0.2) is 201 Å². The van der Waals surface area contributed by atoms with Gasteiger partial charge in [0.1, 0.15) is 19.8 Å². The summed E-state index contributed by atoms with van der Waals surface area (Å²) >= 11 is 18.3. The standard InChI is InChI=1S/C26H31F3N4O4.C25H30Cl2N4O4.C25H31ClN4O4.C25H33N5O4/c1-2-19-7-9-21(10-8-19)33(18-34)37-17-25(11-13-32(14-12-25)23(35)15-30)24(36)31-16-20-5-3-4-6-22(20)26(27,28)29;1-2-17-6-8-19(9-7-17)30-24(34)35-16-25(10-12-31(13-11-25)21(32)14-28)23(33)29-15-18-4-3-5-20(26)22(18)27;1-2-18-5-9-21(10-6-18)29-24(33)34-17-25(11-13-30(14-12-25)22(31)15-27)23(32)28-16-19-3-7-20(26)8-4-19;1-3-19-6-8-20(9-7-19)29-24(33)34-17-25(10-13-30(14-11-25)22(31)15-26)23(32)28-16-21-18(2)5-4-12-27-21/h3-10,18H,2,11-17,30H2,1H3,(H,31,36);3-9H,2,10-16,28H2,1H3,(H,29,33)(H,30,34);3-10H,2,11-17,27H2,1H3,(H,28,32)(H,29,33);4-9,12H,3,10-11,13-17,26H2,1-2H3,(H,28,32)(H,29,33). The van der Waals surface area contributed by atoms with Crippen molar-refractivity contribution < 1.29 is 89.8 Å². The van der Waals surface area contributed by atoms with Gasteiger partial charge in [0.05, 0.1) is 88.0 Å². The minimum absolute atomic E-state index is 0.0688. The summed E-state index contributed by atoms with van der Waals surface area (Å²) in [6.45, 7) is 12.2. The molecule has 140 heavy (non-hydrogen) atoms. The van der Waals surface area contributed by atoms with Gasteiger partial charge in [0.25, 0.3) is 0 Å². The zero-order valence-electron chi connectivity index (χ0n) is 79.3. The molecule has 0 radical (unpaired) electrons. The van der Waals surface area contributed by atoms with Crippen molar-refractivity contribution >= 4 is 129 Å². The number of halogens is 6. The van der Waals surface area contributed by atoms with Gasteiger partial charge in [-0.3, -0.25) is 68.9 Å². The van der Waals surface area contributed by atoms with Crippen molar-refractivity contribution in [2.45, 2.75) is 144 Å². The monoisotopic (exact) mass is 1990 g/mol. The Kier molecular flexibility index (Phi) is 42.8. The first-order valence-electron chi connectivity index (χ1n) is 46.4. The van der Waals surface area contributed by atoms with E-state index in [4.69, 9.17) is 76.8 Å². The van der Waals surface area contributed by atoms with Crippen LogP contribution < -0.4 is 65.2 Å². The van der Waals surface area contributed by atoms with Crippen molar-refractivity contribution in [3.8, 4) is 0 Å². The third kappa shape index (κ3) is 32.1. The fraction of sp³-hybridized carbons (Fsp3) is 0.416. The first-order valence-corrected chi connectivity index (χ1v) is 47.6. The van der Waals surface area contributed by atoms with Crippen molar-refractivity contribution in [1.29, 1.82) is 0 Å². The second-order valence-electron chi connectivity index (χ2n) is 34.4. The van der Waals surface area contributed by atoms with Crippen molar-refractivity contribution in [2.75, 3.05) is 126 Å². The van der Waals surface area contributed by atoms with E-state index in [-0.39, 0.29) is 145 Å². The number of hydrogen-bond donors (Lipinski definition) is 11. The molecule has 33 nitrogen and oxygen atoms in total. The van der Waals surface area contributed by atoms with Crippen LogP contribution in [0, 0.1) is 28.6 Å². The summed E-state index contributed by atoms with van der Waals surface area (Å²) in [5.74, 6) is -2.01. The zero-order chi connectivity index (χ0) is 102. The molecule has 4 aliphatic heterocycles. The van der Waals surface area contributed by atoms with Crippen molar-refractivity contribution in [2.24, 2.45) is 44.6 Å². The van der Waals surface area contributed by atoms with Crippen molar-refractivity contribution in [3.05, 3.63) is 253 Å². The van der Waals surface area contributed by atoms with Gasteiger partial charge in [-0.15, -0.1) is 0 Å². The van der Waals surface area contributed by atoms with Crippen molar-refractivity contribution in [1.82, 2.24) is 45.9 Å². The van der Waals surface area contributed by atoms with Gasteiger partial charge in [-0.25, -0.2) is 14.4 Å². The van der Waals surface area contributed by atoms with E-state index in [2.05, 4.69) is 56.0 Å². The van der Waals surface area contributed by atoms with Gasteiger partial charge in [-0.1, -0.05) is 160 Å². The normalized spacial score (nSPS) is 14.9. The number of amides is 12. The highest BCUT2D eigenvalue weighted by Gasteiger charge is 2.48. The van der Waals surface area contributed by atoms with Gasteiger partial charge in [0.2, 0.25) is 53.7 Å². The lowest BCUT2D eigenvalue weighted by molar-refractivity contribution is -0.145. The summed E-state index contributed by atoms with van der Waals surface area (Å²) in [7, 11) is 0. The van der Waals surface area contributed by atoms with E-state index >= 15 is 0 Å². The highest BCUT2D eigenvalue weighted by Crippen LogP contribution is 2.40. The second kappa shape index (κ2) is 54.1. The number of likely N-dealkylation sites (tertiary alicyclic amines) is 4. The van der Waals surface area contributed by atoms with Crippen LogP contribution in [0.15, 0.2) is 182 Å². The number of anilines is 4. The van der Waals surface area contributed by atoms with Crippen LogP contribution in [-0.2, 0) is 120 Å². The highest BCUT2D eigenvalue weighted by molar-refractivity contribution is 6.42. The van der Waals surface area contributed by atoms with Crippen LogP contribution in [0.5, 0.6) is 0 Å². The smallest absolute Gasteiger partial charge is 0.416 e. The van der Waals surface area contributed by atoms with Crippen molar-refractivity contribution in [3.63, 3.8) is 0 Å². The maximum atomic E-state index is 13.4. The first kappa shape index (κ1) is 111. The van der Waals surface area contributed by atoms with Crippen LogP contribution in [0.3, 0.4) is 0 Å². The van der Waals surface area contributed by atoms with Gasteiger partial charge in [0, 0.05) is 100 Å². The van der Waals surface area contributed by atoms with E-state index in [0.29, 0.717) is 134 Å². The number of aromatic nitrogens is 1. The molecule has 15 N–H and O–H groups in total. The zero-order valence-corrected chi connectivity index (χ0v) is 81.6. The molecule has 0 unspecified atom stereocenters. The number of carbonyl (C=O) groups is 12. The minimum atomic E-state index is -4.56. The predicted octanol–water partition coefficient (Wildman–Crippen LogP) is 12.8. The number of alkyl halides is 3. The summed E-state index contributed by atoms with van der Waals surface area (Å²) in [5, 5.41) is 21.9. The number of aryl methyl sites for hydroxylation is 5. The Morgan fingerprint density at radius 2 is 0.736 bits per heavy atom. The molecule has 0 saturated carbocycles. The van der Waals surface area contributed by atoms with Gasteiger partial charge in [-0.2, -0.15) is 18.2 Å². The Bertz CT molecular complexity index is 5470. The molecule has 12 rings (SSSR count). The van der Waals surface area contributed by atoms with E-state index in [0.717, 1.165) is 75.9 Å². The Balaban J connectivity index is 0.000000209. The summed E-state index contributed by atoms with van der Waals surface area (Å²) in [6.07, 6.45) is 1.71. The average molecular weight is 2000 g/mol. The SMILES string of the molecule is CCc1ccc(N(C=O)OCC2(C(=O)NCc3ccccc3C(F)(F)F)CCN(C(=O)CN)CC2)cc1.CCc1ccc(NC(=O)OCC2(C(=O)NCc3ccc(Cl)cc3)CCN(C(=O)CN)CC2)cc1.CCc1ccc(NC(=O)OCC2(C(=O)NCc3cccc(Cl)c3Cl)CCN(C(=O)CN)CC2)cc1.CCc1ccc(NC(=O)OCC2(C(=O)NCc3ncccc3C)CCN(C(=O)CN)CC2)cc1. The number of carbonyl (C=O) groups excluding carboxylic acids is 12. The molecule has 1 aromatic heterocycles. The number of hydrogen-bond acceptors (Lipinski definition) is 21. The molecule has 5 heterocycles. The molecule has 4 fully saturated rings. The third-order valence-electron chi connectivity index (χ3n) is 25.5. The number of ether oxygens (including phenoxy) is 3. The maximum Gasteiger partial charge on any atom is 0.416 e. The fourth-order valence-electron chi connectivity index (χ4n) is 16.2. The number of nitrogens with zero attached hydrogens (tertiary/aromatic N) is 6. The van der Waals surface area contributed by atoms with Gasteiger partial charge in [0.15, 0.2) is 0 Å². The van der Waals surface area contributed by atoms with Gasteiger partial charge in [-0.05, 0) is 207 Å². The van der Waals surface area contributed by atoms with E-state index in [9.17, 15) is 70.7 Å². The van der Waals surface area contributed by atoms with Crippen LogP contribution >= 0.6 is 34.8 Å². The Hall–Kier alpha value is -12.8. The maximum absolute atomic E-state index is 13.4. The summed E-state index contributed by atoms with van der Waals surface area (Å²) in [6, 6.07) is 50.8. The van der Waals surface area contributed by atoms with Crippen LogP contribution in [0.4, 0.5) is 50.3 Å². The largest absolute Gasteiger partial charge is 0.448 e. The topological polar surface area (TPSA) is 459 Å². The molecule has 8 aromatic rings. The number of pyridine rings is 1. The minimum Gasteiger partial charge on any atom is -0.448 e. The lowest BCUT2D eigenvalue weighted by atomic mass is 9.78. The molecule has 0 bridgehead atoms. The molecular weight excluding hydrogens is 1870 g/mol. The lowest BCUT2D eigenvalue weighted by Crippen LogP contribution is -2.53. The lowest BCUT2D eigenvalue weighted by Gasteiger charge is -2.40. The molecular formula is C101H125Cl3F3N17O16. The van der Waals surface area contributed by atoms with E-state index < -0.39 is 57.6 Å². The van der Waals surface area contributed by atoms with E-state index in [1.54, 1.807) is 75.5 Å². The van der Waals surface area contributed by atoms with Crippen LogP contribution in [0.1, 0.15) is 135 Å². The van der Waals surface area contributed by atoms with E-state index in [1.807, 2.05) is 118 Å². The molecule has 7 aromatic carbocycles. The summed E-state index contributed by atoms with van der Waals surface area (Å²) in [4.78, 5) is 167. The Morgan fingerprint density at radius 1 is 0.407 bits per heavy atom. The number of benzene rings is 7. The predicted molar refractivity (Wildman–Crippen MR) is 528 cm³/mol. The molecule has 0 spiro atoms. The number of piperidine rings is 4. The number of rotatable bonds is 34. The van der Waals surface area contributed by atoms with Crippen LogP contribution in [0.2, 0.25) is 15.1 Å². The molecule has 39 heteroatoms. The summed E-state index contributed by atoms with van der Waals surface area (Å²) < 4.78 is 56.7. The Morgan fingerprint density at radius 3 is 1.09 bits per heavy atom. The number of nitrogens with one attached hydrogen (secondary N) is 7. The number of hydroxylamine groups is 1. The molecule has 0 aliphatic carbocycles. The number of nitrogens with two attached hydrogens (primary N) is 4. The van der Waals surface area contributed by atoms with Crippen LogP contribution in [0.25, 0.3) is 0 Å². The quantitative estimate of drug-likeness (QED) is 0.0101. The average Bonchev–Trinajstić information content (AvgIpc) is 0.796. The van der Waals surface area contributed by atoms with Gasteiger partial charge >= 0.3 is 24.5 Å². The molecule has 12 amide bonds. The van der Waals surface area contributed by atoms with E-state index in [1.165, 1.54) is 23.1 Å². The Labute approximate surface area is 828 Å². The van der Waals surface area contributed by atoms with Gasteiger partial charge < -0.3 is 78.0 Å². The first-order chi connectivity index (χ1) is 67.1. The summed E-state index contributed by atoms with van der Waals surface area (Å²) in [5.41, 5.74) is 27.1. The third-order valence-corrected chi connectivity index (χ3v) is 26.6. The molecule has 4 saturated heterocycles. The molecule has 752 valence electrons. The molecule has 0 atom stereocenters. The highest BCUT2D eigenvalue weighted by atomic mass is 35.5. The molecule has 4 aliphatic rings.